The van der Waals surface area contributed by atoms with Gasteiger partial charge in [0.25, 0.3) is 5.56 Å². The van der Waals surface area contributed by atoms with Crippen LogP contribution < -0.4 is 5.56 Å². The van der Waals surface area contributed by atoms with Crippen LogP contribution in [0.2, 0.25) is 0 Å². The van der Waals surface area contributed by atoms with Crippen LogP contribution in [-0.4, -0.2) is 10.2 Å². The molecule has 0 unspecified atom stereocenters. The van der Waals surface area contributed by atoms with Crippen molar-refractivity contribution < 1.29 is 0 Å². The van der Waals surface area contributed by atoms with Crippen molar-refractivity contribution in [2.75, 3.05) is 0 Å². The van der Waals surface area contributed by atoms with Gasteiger partial charge in [0.2, 0.25) is 0 Å². The van der Waals surface area contributed by atoms with Crippen molar-refractivity contribution in [3.63, 3.8) is 0 Å². The fourth-order valence-corrected chi connectivity index (χ4v) is 0.514. The normalized spacial score (nSPS) is 8.89. The smallest absolute Gasteiger partial charge is 0.267 e. The van der Waals surface area contributed by atoms with Gasteiger partial charge in [-0.2, -0.15) is 5.10 Å². The highest BCUT2D eigenvalue weighted by Gasteiger charge is 1.88. The van der Waals surface area contributed by atoms with E-state index in [9.17, 15) is 4.79 Å². The zero-order chi connectivity index (χ0) is 6.69. The number of aromatic amines is 1. The van der Waals surface area contributed by atoms with Gasteiger partial charge in [0.1, 0.15) is 0 Å². The molecular weight excluding hydrogens is 116 g/mol. The standard InChI is InChI=1S/C6H6N2O/c1-2-5-3-4-7-8-6(5)9/h2-4H,1H2,(H,8,9). The zero-order valence-electron chi connectivity index (χ0n) is 4.79. The monoisotopic (exact) mass is 122 g/mol. The summed E-state index contributed by atoms with van der Waals surface area (Å²) in [7, 11) is 0. The molecule has 46 valence electrons. The average Bonchev–Trinajstić information content (AvgIpc) is 1.89. The number of nitrogens with one attached hydrogen (secondary N) is 1. The number of H-pyrrole nitrogens is 1. The van der Waals surface area contributed by atoms with Crippen LogP contribution in [0, 0.1) is 0 Å². The molecule has 0 aliphatic rings. The van der Waals surface area contributed by atoms with E-state index in [4.69, 9.17) is 0 Å². The highest BCUT2D eigenvalue weighted by Crippen LogP contribution is 1.85. The Morgan fingerprint density at radius 3 is 3.00 bits per heavy atom. The van der Waals surface area contributed by atoms with Gasteiger partial charge in [-0.05, 0) is 6.07 Å². The first-order valence-corrected chi connectivity index (χ1v) is 2.50. The summed E-state index contributed by atoms with van der Waals surface area (Å²) in [4.78, 5) is 10.7. The van der Waals surface area contributed by atoms with Gasteiger partial charge in [0.05, 0.1) is 0 Å². The van der Waals surface area contributed by atoms with Crippen molar-refractivity contribution in [3.8, 4) is 0 Å². The Labute approximate surface area is 52.0 Å². The SMILES string of the molecule is C=Cc1ccn[nH]c1=O. The van der Waals surface area contributed by atoms with Gasteiger partial charge in [-0.25, -0.2) is 5.10 Å². The Kier molecular flexibility index (Phi) is 1.44. The molecule has 0 aliphatic carbocycles. The third kappa shape index (κ3) is 1.05. The molecule has 1 aromatic heterocycles. The van der Waals surface area contributed by atoms with Crippen molar-refractivity contribution in [3.05, 3.63) is 34.8 Å². The van der Waals surface area contributed by atoms with Crippen molar-refractivity contribution in [2.24, 2.45) is 0 Å². The Hall–Kier alpha value is -1.38. The van der Waals surface area contributed by atoms with Crippen LogP contribution in [0.25, 0.3) is 6.08 Å². The molecule has 0 saturated heterocycles. The maximum absolute atomic E-state index is 10.7. The van der Waals surface area contributed by atoms with E-state index in [1.54, 1.807) is 6.07 Å². The molecule has 0 bridgehead atoms. The lowest BCUT2D eigenvalue weighted by Gasteiger charge is -1.84. The first-order chi connectivity index (χ1) is 4.34. The fourth-order valence-electron chi connectivity index (χ4n) is 0.514. The average molecular weight is 122 g/mol. The van der Waals surface area contributed by atoms with E-state index in [1.165, 1.54) is 12.3 Å². The molecule has 3 nitrogen and oxygen atoms in total. The second-order valence-electron chi connectivity index (χ2n) is 1.55. The summed E-state index contributed by atoms with van der Waals surface area (Å²) < 4.78 is 0. The molecule has 3 heteroatoms. The Bertz CT molecular complexity index is 264. The predicted molar refractivity (Wildman–Crippen MR) is 34.9 cm³/mol. The van der Waals surface area contributed by atoms with Crippen molar-refractivity contribution >= 4 is 6.08 Å². The molecule has 0 spiro atoms. The number of nitrogens with zero attached hydrogens (tertiary/aromatic N) is 1. The molecule has 0 aromatic carbocycles. The van der Waals surface area contributed by atoms with E-state index < -0.39 is 0 Å². The third-order valence-corrected chi connectivity index (χ3v) is 0.977. The van der Waals surface area contributed by atoms with E-state index in [0.29, 0.717) is 5.56 Å². The Balaban J connectivity index is 3.32. The van der Waals surface area contributed by atoms with Gasteiger partial charge in [0, 0.05) is 11.8 Å². The van der Waals surface area contributed by atoms with Gasteiger partial charge in [-0.1, -0.05) is 12.7 Å². The van der Waals surface area contributed by atoms with E-state index >= 15 is 0 Å². The highest BCUT2D eigenvalue weighted by molar-refractivity contribution is 5.43. The van der Waals surface area contributed by atoms with Crippen molar-refractivity contribution in [1.82, 2.24) is 10.2 Å². The quantitative estimate of drug-likeness (QED) is 0.586. The lowest BCUT2D eigenvalue weighted by molar-refractivity contribution is 0.984. The molecule has 0 saturated carbocycles. The van der Waals surface area contributed by atoms with Crippen LogP contribution in [0.4, 0.5) is 0 Å². The van der Waals surface area contributed by atoms with E-state index in [0.717, 1.165) is 0 Å². The molecular formula is C6H6N2O. The number of hydrogen-bond donors (Lipinski definition) is 1. The van der Waals surface area contributed by atoms with Crippen LogP contribution in [0.5, 0.6) is 0 Å². The lowest BCUT2D eigenvalue weighted by Crippen LogP contribution is -2.09. The topological polar surface area (TPSA) is 45.8 Å². The number of aromatic nitrogens is 2. The summed E-state index contributed by atoms with van der Waals surface area (Å²) in [5.74, 6) is 0. The molecule has 9 heavy (non-hydrogen) atoms. The number of rotatable bonds is 1. The summed E-state index contributed by atoms with van der Waals surface area (Å²) in [6.07, 6.45) is 3.00. The lowest BCUT2D eigenvalue weighted by atomic mass is 10.3. The maximum Gasteiger partial charge on any atom is 0.271 e. The molecule has 0 fully saturated rings. The molecule has 0 radical (unpaired) electrons. The van der Waals surface area contributed by atoms with Crippen molar-refractivity contribution in [2.45, 2.75) is 0 Å². The van der Waals surface area contributed by atoms with Gasteiger partial charge >= 0.3 is 0 Å². The van der Waals surface area contributed by atoms with Crippen LogP contribution in [-0.2, 0) is 0 Å². The summed E-state index contributed by atoms with van der Waals surface area (Å²) >= 11 is 0. The Morgan fingerprint density at radius 1 is 1.78 bits per heavy atom. The fraction of sp³-hybridized carbons (Fsp3) is 0. The largest absolute Gasteiger partial charge is 0.271 e. The molecule has 0 amide bonds. The minimum atomic E-state index is -0.201. The minimum absolute atomic E-state index is 0.201. The van der Waals surface area contributed by atoms with Gasteiger partial charge in [-0.15, -0.1) is 0 Å². The molecule has 1 aromatic rings. The number of hydrogen-bond acceptors (Lipinski definition) is 2. The minimum Gasteiger partial charge on any atom is -0.267 e. The molecule has 1 heterocycles. The first-order valence-electron chi connectivity index (χ1n) is 2.50. The maximum atomic E-state index is 10.7. The van der Waals surface area contributed by atoms with Crippen LogP contribution in [0.15, 0.2) is 23.6 Å². The van der Waals surface area contributed by atoms with E-state index in [-0.39, 0.29) is 5.56 Å². The van der Waals surface area contributed by atoms with Crippen molar-refractivity contribution in [1.29, 1.82) is 0 Å². The molecule has 1 N–H and O–H groups in total. The second kappa shape index (κ2) is 2.26. The van der Waals surface area contributed by atoms with Crippen LogP contribution in [0.1, 0.15) is 5.56 Å². The summed E-state index contributed by atoms with van der Waals surface area (Å²) in [6, 6.07) is 1.60. The summed E-state index contributed by atoms with van der Waals surface area (Å²) in [5, 5.41) is 5.78. The van der Waals surface area contributed by atoms with E-state index in [2.05, 4.69) is 16.8 Å². The van der Waals surface area contributed by atoms with Gasteiger partial charge in [-0.3, -0.25) is 4.79 Å². The zero-order valence-corrected chi connectivity index (χ0v) is 4.79. The van der Waals surface area contributed by atoms with Gasteiger partial charge in [0.15, 0.2) is 0 Å². The van der Waals surface area contributed by atoms with Gasteiger partial charge < -0.3 is 0 Å². The highest BCUT2D eigenvalue weighted by atomic mass is 16.1. The molecule has 1 rings (SSSR count). The second-order valence-corrected chi connectivity index (χ2v) is 1.55. The van der Waals surface area contributed by atoms with Crippen LogP contribution >= 0.6 is 0 Å². The third-order valence-electron chi connectivity index (χ3n) is 0.977. The van der Waals surface area contributed by atoms with Crippen LogP contribution in [0.3, 0.4) is 0 Å². The molecule has 0 aliphatic heterocycles. The predicted octanol–water partition coefficient (Wildman–Crippen LogP) is 0.413. The first kappa shape index (κ1) is 5.75. The molecule has 0 atom stereocenters. The Morgan fingerprint density at radius 2 is 2.56 bits per heavy atom. The summed E-state index contributed by atoms with van der Waals surface area (Å²) in [5.41, 5.74) is 0.345. The van der Waals surface area contributed by atoms with E-state index in [1.807, 2.05) is 0 Å². The summed E-state index contributed by atoms with van der Waals surface area (Å²) in [6.45, 7) is 3.44.